The monoisotopic (exact) mass is 630 g/mol. The molecular weight excluding hydrogens is 600 g/mol. The van der Waals surface area contributed by atoms with Crippen LogP contribution in [0, 0.1) is 0 Å². The highest BCUT2D eigenvalue weighted by atomic mass is 35.5. The summed E-state index contributed by atoms with van der Waals surface area (Å²) in [6.45, 7) is 5.23. The van der Waals surface area contributed by atoms with Crippen LogP contribution in [0.15, 0.2) is 108 Å². The SMILES string of the molecule is CC(C)(C)OC(=O)NC(Cc1cccc(Cl)c1)C(=O)Nc1ccc(-c2ccnc3c2ccn3S(=O)(=O)c2ccccc2)cc1. The van der Waals surface area contributed by atoms with Crippen LogP contribution in [-0.2, 0) is 26.0 Å². The van der Waals surface area contributed by atoms with Crippen molar-refractivity contribution >= 4 is 50.3 Å². The van der Waals surface area contributed by atoms with E-state index in [2.05, 4.69) is 15.6 Å². The van der Waals surface area contributed by atoms with E-state index in [0.717, 1.165) is 16.7 Å². The van der Waals surface area contributed by atoms with Gasteiger partial charge in [0.25, 0.3) is 10.0 Å². The van der Waals surface area contributed by atoms with Crippen LogP contribution in [0.1, 0.15) is 26.3 Å². The minimum absolute atomic E-state index is 0.166. The molecule has 5 rings (SSSR count). The van der Waals surface area contributed by atoms with Crippen molar-refractivity contribution in [3.63, 3.8) is 0 Å². The Bertz CT molecular complexity index is 1920. The summed E-state index contributed by atoms with van der Waals surface area (Å²) in [5.41, 5.74) is 2.43. The van der Waals surface area contributed by atoms with Gasteiger partial charge in [0.15, 0.2) is 5.65 Å². The standard InChI is InChI=1S/C33H31ClN4O5S/c1-33(2,3)43-32(40)37-29(21-22-8-7-9-24(34)20-22)31(39)36-25-14-12-23(13-15-25)27-16-18-35-30-28(27)17-19-38(30)44(41,42)26-10-5-4-6-11-26/h4-20,29H,21H2,1-3H3,(H,36,39)(H,37,40). The van der Waals surface area contributed by atoms with Gasteiger partial charge in [0.05, 0.1) is 4.90 Å². The fourth-order valence-corrected chi connectivity index (χ4v) is 6.22. The van der Waals surface area contributed by atoms with Crippen LogP contribution >= 0.6 is 11.6 Å². The van der Waals surface area contributed by atoms with E-state index in [1.807, 2.05) is 18.2 Å². The first-order chi connectivity index (χ1) is 20.9. The van der Waals surface area contributed by atoms with Crippen LogP contribution in [0.4, 0.5) is 10.5 Å². The van der Waals surface area contributed by atoms with Crippen molar-refractivity contribution in [1.82, 2.24) is 14.3 Å². The lowest BCUT2D eigenvalue weighted by Gasteiger charge is -2.23. The number of carbonyl (C=O) groups is 2. The molecule has 0 bridgehead atoms. The molecular formula is C33H31ClN4O5S. The fraction of sp³-hybridized carbons (Fsp3) is 0.182. The maximum absolute atomic E-state index is 13.4. The van der Waals surface area contributed by atoms with Crippen molar-refractivity contribution in [3.8, 4) is 11.1 Å². The average Bonchev–Trinajstić information content (AvgIpc) is 3.42. The molecule has 5 aromatic rings. The van der Waals surface area contributed by atoms with E-state index in [0.29, 0.717) is 21.7 Å². The summed E-state index contributed by atoms with van der Waals surface area (Å²) in [7, 11) is -3.83. The zero-order valence-corrected chi connectivity index (χ0v) is 25.9. The number of amides is 2. The number of halogens is 1. The number of hydrogen-bond acceptors (Lipinski definition) is 6. The van der Waals surface area contributed by atoms with Crippen molar-refractivity contribution in [3.05, 3.63) is 114 Å². The lowest BCUT2D eigenvalue weighted by Crippen LogP contribution is -2.47. The van der Waals surface area contributed by atoms with E-state index in [1.54, 1.807) is 99.8 Å². The van der Waals surface area contributed by atoms with E-state index in [-0.39, 0.29) is 11.3 Å². The number of rotatable bonds is 8. The highest BCUT2D eigenvalue weighted by molar-refractivity contribution is 7.90. The lowest BCUT2D eigenvalue weighted by molar-refractivity contribution is -0.118. The third kappa shape index (κ3) is 7.10. The van der Waals surface area contributed by atoms with Gasteiger partial charge in [0.1, 0.15) is 11.6 Å². The average molecular weight is 631 g/mol. The summed E-state index contributed by atoms with van der Waals surface area (Å²) >= 11 is 6.14. The van der Waals surface area contributed by atoms with Crippen molar-refractivity contribution < 1.29 is 22.7 Å². The molecule has 0 saturated carbocycles. The van der Waals surface area contributed by atoms with Gasteiger partial charge in [-0.2, -0.15) is 0 Å². The number of fused-ring (bicyclic) bond motifs is 1. The number of ether oxygens (including phenoxy) is 1. The first kappa shape index (κ1) is 30.8. The van der Waals surface area contributed by atoms with Crippen molar-refractivity contribution in [2.45, 2.75) is 43.7 Å². The van der Waals surface area contributed by atoms with E-state index in [1.165, 1.54) is 10.2 Å². The number of benzene rings is 3. The lowest BCUT2D eigenvalue weighted by atomic mass is 10.0. The third-order valence-corrected chi connectivity index (χ3v) is 8.57. The van der Waals surface area contributed by atoms with E-state index in [4.69, 9.17) is 16.3 Å². The Morgan fingerprint density at radius 2 is 1.68 bits per heavy atom. The largest absolute Gasteiger partial charge is 0.444 e. The van der Waals surface area contributed by atoms with E-state index in [9.17, 15) is 18.0 Å². The van der Waals surface area contributed by atoms with Gasteiger partial charge in [0, 0.05) is 34.9 Å². The number of carbonyl (C=O) groups excluding carboxylic acids is 2. The Hall–Kier alpha value is -4.67. The predicted molar refractivity (Wildman–Crippen MR) is 171 cm³/mol. The molecule has 226 valence electrons. The van der Waals surface area contributed by atoms with Gasteiger partial charge in [-0.15, -0.1) is 0 Å². The second-order valence-electron chi connectivity index (χ2n) is 11.1. The van der Waals surface area contributed by atoms with Gasteiger partial charge in [-0.05, 0) is 86.0 Å². The van der Waals surface area contributed by atoms with E-state index < -0.39 is 33.7 Å². The summed E-state index contributed by atoms with van der Waals surface area (Å²) < 4.78 is 33.1. The minimum atomic E-state index is -3.83. The molecule has 0 aliphatic carbocycles. The van der Waals surface area contributed by atoms with Crippen molar-refractivity contribution in [2.75, 3.05) is 5.32 Å². The number of nitrogens with one attached hydrogen (secondary N) is 2. The molecule has 0 aliphatic rings. The molecule has 1 unspecified atom stereocenters. The Balaban J connectivity index is 1.37. The Labute approximate surface area is 260 Å². The molecule has 44 heavy (non-hydrogen) atoms. The van der Waals surface area contributed by atoms with Gasteiger partial charge in [-0.25, -0.2) is 22.2 Å². The molecule has 1 atom stereocenters. The molecule has 0 saturated heterocycles. The van der Waals surface area contributed by atoms with Crippen molar-refractivity contribution in [2.24, 2.45) is 0 Å². The van der Waals surface area contributed by atoms with Crippen LogP contribution in [0.3, 0.4) is 0 Å². The summed E-state index contributed by atoms with van der Waals surface area (Å²) in [6.07, 6.45) is 2.54. The summed E-state index contributed by atoms with van der Waals surface area (Å²) in [6, 6.07) is 25.0. The number of aromatic nitrogens is 2. The molecule has 2 N–H and O–H groups in total. The summed E-state index contributed by atoms with van der Waals surface area (Å²) in [5, 5.41) is 6.72. The van der Waals surface area contributed by atoms with Crippen molar-refractivity contribution in [1.29, 1.82) is 0 Å². The number of pyridine rings is 1. The van der Waals surface area contributed by atoms with Crippen LogP contribution < -0.4 is 10.6 Å². The maximum Gasteiger partial charge on any atom is 0.408 e. The topological polar surface area (TPSA) is 119 Å². The van der Waals surface area contributed by atoms with Gasteiger partial charge in [-0.1, -0.05) is 54.1 Å². The maximum atomic E-state index is 13.4. The molecule has 2 aromatic heterocycles. The Morgan fingerprint density at radius 3 is 2.36 bits per heavy atom. The van der Waals surface area contributed by atoms with Gasteiger partial charge in [0.2, 0.25) is 5.91 Å². The van der Waals surface area contributed by atoms with Crippen LogP contribution in [-0.4, -0.2) is 41.0 Å². The number of alkyl carbamates (subject to hydrolysis) is 1. The van der Waals surface area contributed by atoms with Gasteiger partial charge in [-0.3, -0.25) is 4.79 Å². The zero-order chi connectivity index (χ0) is 31.5. The number of hydrogen-bond donors (Lipinski definition) is 2. The molecule has 11 heteroatoms. The van der Waals surface area contributed by atoms with Crippen LogP contribution in [0.25, 0.3) is 22.2 Å². The highest BCUT2D eigenvalue weighted by Crippen LogP contribution is 2.31. The van der Waals surface area contributed by atoms with Crippen LogP contribution in [0.5, 0.6) is 0 Å². The van der Waals surface area contributed by atoms with Crippen LogP contribution in [0.2, 0.25) is 5.02 Å². The summed E-state index contributed by atoms with van der Waals surface area (Å²) in [4.78, 5) is 30.4. The molecule has 0 spiro atoms. The zero-order valence-electron chi connectivity index (χ0n) is 24.3. The molecule has 3 aromatic carbocycles. The minimum Gasteiger partial charge on any atom is -0.444 e. The molecule has 9 nitrogen and oxygen atoms in total. The van der Waals surface area contributed by atoms with E-state index >= 15 is 0 Å². The normalized spacial score (nSPS) is 12.5. The fourth-order valence-electron chi connectivity index (χ4n) is 4.69. The molecule has 0 fully saturated rings. The third-order valence-electron chi connectivity index (χ3n) is 6.65. The summed E-state index contributed by atoms with van der Waals surface area (Å²) in [5.74, 6) is -0.432. The van der Waals surface area contributed by atoms with Gasteiger partial charge >= 0.3 is 6.09 Å². The Kier molecular flexibility index (Phi) is 8.75. The van der Waals surface area contributed by atoms with Gasteiger partial charge < -0.3 is 15.4 Å². The second-order valence-corrected chi connectivity index (χ2v) is 13.4. The smallest absolute Gasteiger partial charge is 0.408 e. The predicted octanol–water partition coefficient (Wildman–Crippen LogP) is 6.67. The molecule has 2 heterocycles. The highest BCUT2D eigenvalue weighted by Gasteiger charge is 2.25. The number of nitrogens with zero attached hydrogens (tertiary/aromatic N) is 2. The first-order valence-corrected chi connectivity index (χ1v) is 15.6. The first-order valence-electron chi connectivity index (χ1n) is 13.8. The second kappa shape index (κ2) is 12.5. The Morgan fingerprint density at radius 1 is 0.955 bits per heavy atom. The quantitative estimate of drug-likeness (QED) is 0.198. The molecule has 2 amide bonds. The molecule has 0 radical (unpaired) electrons. The number of anilines is 1. The molecule has 0 aliphatic heterocycles.